The molecule has 0 aliphatic carbocycles. The molecule has 0 aromatic carbocycles. The third-order valence-corrected chi connectivity index (χ3v) is 3.92. The van der Waals surface area contributed by atoms with Crippen molar-refractivity contribution in [2.24, 2.45) is 0 Å². The molecule has 2 rings (SSSR count). The van der Waals surface area contributed by atoms with Crippen LogP contribution < -0.4 is 5.56 Å². The molecule has 0 fully saturated rings. The summed E-state index contributed by atoms with van der Waals surface area (Å²) in [4.78, 5) is 44.2. The van der Waals surface area contributed by atoms with Crippen molar-refractivity contribution < 1.29 is 9.59 Å². The molecule has 2 aromatic heterocycles. The lowest BCUT2D eigenvalue weighted by atomic mass is 10.2. The van der Waals surface area contributed by atoms with E-state index in [1.165, 1.54) is 22.5 Å². The number of carbonyl (C=O) groups is 2. The number of aromatic nitrogens is 2. The van der Waals surface area contributed by atoms with E-state index in [-0.39, 0.29) is 18.0 Å². The third-order valence-electron chi connectivity index (χ3n) is 3.92. The number of amides is 2. The zero-order valence-corrected chi connectivity index (χ0v) is 14.4. The average molecular weight is 330 g/mol. The molecule has 0 bridgehead atoms. The van der Waals surface area contributed by atoms with Gasteiger partial charge in [-0.15, -0.1) is 0 Å². The second-order valence-corrected chi connectivity index (χ2v) is 5.64. The number of rotatable bonds is 5. The standard InChI is InChI=1S/C17H22N4O3/c1-5-20(6-2)15(22)11-19(4)16(23)13-9-18-14-8-7-12(3)10-21(14)17(13)24/h7-10H,5-6,11H2,1-4H3. The van der Waals surface area contributed by atoms with Gasteiger partial charge in [-0.2, -0.15) is 0 Å². The van der Waals surface area contributed by atoms with E-state index in [0.29, 0.717) is 18.7 Å². The number of likely N-dealkylation sites (N-methyl/N-ethyl adjacent to an activating group) is 2. The number of carbonyl (C=O) groups excluding carboxylic acids is 2. The zero-order valence-electron chi connectivity index (χ0n) is 14.4. The van der Waals surface area contributed by atoms with Crippen molar-refractivity contribution in [2.75, 3.05) is 26.7 Å². The Morgan fingerprint density at radius 2 is 1.88 bits per heavy atom. The fourth-order valence-corrected chi connectivity index (χ4v) is 2.49. The van der Waals surface area contributed by atoms with Crippen molar-refractivity contribution in [1.29, 1.82) is 0 Å². The fourth-order valence-electron chi connectivity index (χ4n) is 2.49. The Kier molecular flexibility index (Phi) is 5.33. The summed E-state index contributed by atoms with van der Waals surface area (Å²) < 4.78 is 1.35. The van der Waals surface area contributed by atoms with Crippen molar-refractivity contribution in [3.05, 3.63) is 46.0 Å². The van der Waals surface area contributed by atoms with Crippen molar-refractivity contribution in [3.8, 4) is 0 Å². The van der Waals surface area contributed by atoms with Crippen molar-refractivity contribution in [2.45, 2.75) is 20.8 Å². The summed E-state index contributed by atoms with van der Waals surface area (Å²) >= 11 is 0. The highest BCUT2D eigenvalue weighted by Crippen LogP contribution is 2.04. The summed E-state index contributed by atoms with van der Waals surface area (Å²) in [7, 11) is 1.51. The van der Waals surface area contributed by atoms with Crippen LogP contribution in [0.15, 0.2) is 29.3 Å². The van der Waals surface area contributed by atoms with Crippen molar-refractivity contribution in [1.82, 2.24) is 19.2 Å². The maximum absolute atomic E-state index is 12.5. The summed E-state index contributed by atoms with van der Waals surface area (Å²) in [6.07, 6.45) is 2.91. The van der Waals surface area contributed by atoms with Gasteiger partial charge in [0, 0.05) is 32.5 Å². The molecular weight excluding hydrogens is 308 g/mol. The Hall–Kier alpha value is -2.70. The van der Waals surface area contributed by atoms with E-state index in [2.05, 4.69) is 4.98 Å². The van der Waals surface area contributed by atoms with Crippen LogP contribution in [0.4, 0.5) is 0 Å². The van der Waals surface area contributed by atoms with Gasteiger partial charge in [-0.05, 0) is 32.4 Å². The number of aryl methyl sites for hydroxylation is 1. The van der Waals surface area contributed by atoms with E-state index in [9.17, 15) is 14.4 Å². The van der Waals surface area contributed by atoms with Crippen LogP contribution in [0.3, 0.4) is 0 Å². The molecule has 2 amide bonds. The second kappa shape index (κ2) is 7.25. The summed E-state index contributed by atoms with van der Waals surface area (Å²) in [6, 6.07) is 3.57. The van der Waals surface area contributed by atoms with Crippen molar-refractivity contribution in [3.63, 3.8) is 0 Å². The van der Waals surface area contributed by atoms with Gasteiger partial charge in [-0.1, -0.05) is 6.07 Å². The van der Waals surface area contributed by atoms with Crippen LogP contribution in [0.25, 0.3) is 5.65 Å². The summed E-state index contributed by atoms with van der Waals surface area (Å²) in [5.74, 6) is -0.663. The lowest BCUT2D eigenvalue weighted by Crippen LogP contribution is -2.42. The molecule has 0 aliphatic heterocycles. The van der Waals surface area contributed by atoms with Gasteiger partial charge in [-0.3, -0.25) is 18.8 Å². The third kappa shape index (κ3) is 3.45. The molecule has 0 unspecified atom stereocenters. The van der Waals surface area contributed by atoms with Crippen LogP contribution in [0.2, 0.25) is 0 Å². The molecule has 0 radical (unpaired) electrons. The first-order chi connectivity index (χ1) is 11.4. The number of hydrogen-bond donors (Lipinski definition) is 0. The maximum atomic E-state index is 12.5. The van der Waals surface area contributed by atoms with Crippen LogP contribution in [0.5, 0.6) is 0 Å². The summed E-state index contributed by atoms with van der Waals surface area (Å²) in [6.45, 7) is 6.70. The van der Waals surface area contributed by atoms with E-state index in [4.69, 9.17) is 0 Å². The van der Waals surface area contributed by atoms with Gasteiger partial charge in [0.2, 0.25) is 5.91 Å². The van der Waals surface area contributed by atoms with E-state index < -0.39 is 11.5 Å². The Balaban J connectivity index is 2.29. The first-order valence-electron chi connectivity index (χ1n) is 7.90. The largest absolute Gasteiger partial charge is 0.342 e. The van der Waals surface area contributed by atoms with Crippen LogP contribution in [0, 0.1) is 6.92 Å². The van der Waals surface area contributed by atoms with Crippen LogP contribution in [-0.4, -0.2) is 57.7 Å². The molecule has 0 atom stereocenters. The predicted octanol–water partition coefficient (Wildman–Crippen LogP) is 0.943. The number of pyridine rings is 1. The minimum absolute atomic E-state index is 0.0482. The highest BCUT2D eigenvalue weighted by Gasteiger charge is 2.21. The van der Waals surface area contributed by atoms with Gasteiger partial charge in [0.15, 0.2) is 0 Å². The van der Waals surface area contributed by atoms with Gasteiger partial charge >= 0.3 is 0 Å². The molecule has 0 saturated carbocycles. The van der Waals surface area contributed by atoms with Crippen LogP contribution >= 0.6 is 0 Å². The summed E-state index contributed by atoms with van der Waals surface area (Å²) in [5, 5.41) is 0. The molecule has 7 nitrogen and oxygen atoms in total. The SMILES string of the molecule is CCN(CC)C(=O)CN(C)C(=O)c1cnc2ccc(C)cn2c1=O. The molecule has 128 valence electrons. The Morgan fingerprint density at radius 1 is 1.21 bits per heavy atom. The van der Waals surface area contributed by atoms with Gasteiger partial charge in [0.1, 0.15) is 11.2 Å². The Morgan fingerprint density at radius 3 is 2.50 bits per heavy atom. The Labute approximate surface area is 140 Å². The Bertz CT molecular complexity index is 824. The zero-order chi connectivity index (χ0) is 17.9. The molecular formula is C17H22N4O3. The van der Waals surface area contributed by atoms with Gasteiger partial charge in [-0.25, -0.2) is 4.98 Å². The molecule has 2 aromatic rings. The number of nitrogens with zero attached hydrogens (tertiary/aromatic N) is 4. The van der Waals surface area contributed by atoms with E-state index in [1.807, 2.05) is 26.8 Å². The molecule has 2 heterocycles. The normalized spacial score (nSPS) is 10.7. The minimum atomic E-state index is -0.510. The predicted molar refractivity (Wildman–Crippen MR) is 91.1 cm³/mol. The number of hydrogen-bond acceptors (Lipinski definition) is 4. The van der Waals surface area contributed by atoms with E-state index >= 15 is 0 Å². The minimum Gasteiger partial charge on any atom is -0.342 e. The van der Waals surface area contributed by atoms with Crippen molar-refractivity contribution >= 4 is 17.5 Å². The maximum Gasteiger partial charge on any atom is 0.270 e. The lowest BCUT2D eigenvalue weighted by Gasteiger charge is -2.23. The van der Waals surface area contributed by atoms with Gasteiger partial charge in [0.05, 0.1) is 6.54 Å². The van der Waals surface area contributed by atoms with E-state index in [1.54, 1.807) is 17.2 Å². The molecule has 0 saturated heterocycles. The molecule has 7 heteroatoms. The molecule has 0 N–H and O–H groups in total. The quantitative estimate of drug-likeness (QED) is 0.818. The highest BCUT2D eigenvalue weighted by molar-refractivity contribution is 5.96. The lowest BCUT2D eigenvalue weighted by molar-refractivity contribution is -0.131. The molecule has 24 heavy (non-hydrogen) atoms. The summed E-state index contributed by atoms with van der Waals surface area (Å²) in [5.41, 5.74) is 0.883. The first kappa shape index (κ1) is 17.7. The van der Waals surface area contributed by atoms with Crippen LogP contribution in [-0.2, 0) is 4.79 Å². The highest BCUT2D eigenvalue weighted by atomic mass is 16.2. The van der Waals surface area contributed by atoms with Gasteiger partial charge in [0.25, 0.3) is 11.5 Å². The van der Waals surface area contributed by atoms with Crippen LogP contribution in [0.1, 0.15) is 29.8 Å². The molecule has 0 spiro atoms. The van der Waals surface area contributed by atoms with E-state index in [0.717, 1.165) is 5.56 Å². The average Bonchev–Trinajstić information content (AvgIpc) is 2.56. The monoisotopic (exact) mass is 330 g/mol. The second-order valence-electron chi connectivity index (χ2n) is 5.64. The smallest absolute Gasteiger partial charge is 0.270 e. The first-order valence-corrected chi connectivity index (χ1v) is 7.90. The number of fused-ring (bicyclic) bond motifs is 1. The fraction of sp³-hybridized carbons (Fsp3) is 0.412. The molecule has 0 aliphatic rings. The van der Waals surface area contributed by atoms with Gasteiger partial charge < -0.3 is 9.80 Å². The topological polar surface area (TPSA) is 75.0 Å².